The molecule has 1 heterocycles. The maximum absolute atomic E-state index is 12.4. The predicted octanol–water partition coefficient (Wildman–Crippen LogP) is 1.90. The molecule has 1 aliphatic rings. The number of nitrogens with one attached hydrogen (secondary N) is 1. The van der Waals surface area contributed by atoms with Gasteiger partial charge in [-0.25, -0.2) is 8.42 Å². The summed E-state index contributed by atoms with van der Waals surface area (Å²) in [7, 11) is -3.46. The Kier molecular flexibility index (Phi) is 6.47. The van der Waals surface area contributed by atoms with Crippen molar-refractivity contribution in [3.8, 4) is 0 Å². The molecule has 0 fully saturated rings. The van der Waals surface area contributed by atoms with Gasteiger partial charge in [0.1, 0.15) is 0 Å². The summed E-state index contributed by atoms with van der Waals surface area (Å²) < 4.78 is 62.4. The molecule has 0 amide bonds. The second kappa shape index (κ2) is 7.42. The number of rotatable bonds is 7. The van der Waals surface area contributed by atoms with Crippen LogP contribution in [0.25, 0.3) is 0 Å². The third-order valence-corrected chi connectivity index (χ3v) is 5.04. The Morgan fingerprint density at radius 1 is 1.35 bits per heavy atom. The molecule has 4 nitrogen and oxygen atoms in total. The lowest BCUT2D eigenvalue weighted by atomic mass is 10.1. The van der Waals surface area contributed by atoms with E-state index in [0.717, 1.165) is 23.3 Å². The molecule has 1 N–H and O–H groups in total. The lowest BCUT2D eigenvalue weighted by Crippen LogP contribution is -2.38. The highest BCUT2D eigenvalue weighted by atomic mass is 32.2. The molecule has 0 aromatic heterocycles. The van der Waals surface area contributed by atoms with Crippen molar-refractivity contribution in [1.29, 1.82) is 0 Å². The molecule has 1 aliphatic heterocycles. The molecule has 0 unspecified atom stereocenters. The van der Waals surface area contributed by atoms with Gasteiger partial charge in [-0.3, -0.25) is 0 Å². The summed E-state index contributed by atoms with van der Waals surface area (Å²) in [5.74, 6) is -0.0289. The van der Waals surface area contributed by atoms with Crippen molar-refractivity contribution in [3.63, 3.8) is 0 Å². The minimum absolute atomic E-state index is 0.0289. The van der Waals surface area contributed by atoms with Crippen molar-refractivity contribution in [2.24, 2.45) is 0 Å². The third kappa shape index (κ3) is 5.41. The van der Waals surface area contributed by atoms with Crippen LogP contribution < -0.4 is 5.32 Å². The van der Waals surface area contributed by atoms with E-state index in [2.05, 4.69) is 5.32 Å². The fraction of sp³-hybridized carbons (Fsp3) is 0.833. The SMILES string of the molecule is CCCNCCCS(=O)(=O)N1CC=C(C(F)(F)F)CC1. The smallest absolute Gasteiger partial charge is 0.317 e. The van der Waals surface area contributed by atoms with Gasteiger partial charge in [0, 0.05) is 18.7 Å². The molecule has 0 saturated carbocycles. The Balaban J connectivity index is 2.45. The van der Waals surface area contributed by atoms with Gasteiger partial charge in [0.05, 0.1) is 5.75 Å². The van der Waals surface area contributed by atoms with Crippen LogP contribution in [0.2, 0.25) is 0 Å². The zero-order chi connectivity index (χ0) is 15.2. The minimum Gasteiger partial charge on any atom is -0.317 e. The van der Waals surface area contributed by atoms with Crippen LogP contribution in [0.5, 0.6) is 0 Å². The molecule has 0 aromatic carbocycles. The molecule has 0 spiro atoms. The Hall–Kier alpha value is -0.600. The van der Waals surface area contributed by atoms with E-state index in [1.807, 2.05) is 6.92 Å². The van der Waals surface area contributed by atoms with Crippen LogP contribution >= 0.6 is 0 Å². The zero-order valence-corrected chi connectivity index (χ0v) is 12.4. The average Bonchev–Trinajstić information content (AvgIpc) is 2.37. The predicted molar refractivity (Wildman–Crippen MR) is 71.9 cm³/mol. The third-order valence-electron chi connectivity index (χ3n) is 3.11. The molecule has 1 rings (SSSR count). The zero-order valence-electron chi connectivity index (χ0n) is 11.5. The Morgan fingerprint density at radius 2 is 2.05 bits per heavy atom. The van der Waals surface area contributed by atoms with Crippen LogP contribution in [0.3, 0.4) is 0 Å². The molecule has 0 aliphatic carbocycles. The number of nitrogens with zero attached hydrogens (tertiary/aromatic N) is 1. The van der Waals surface area contributed by atoms with Crippen LogP contribution in [-0.4, -0.2) is 50.8 Å². The topological polar surface area (TPSA) is 49.4 Å². The van der Waals surface area contributed by atoms with Crippen molar-refractivity contribution in [1.82, 2.24) is 9.62 Å². The molecule has 0 atom stereocenters. The lowest BCUT2D eigenvalue weighted by molar-refractivity contribution is -0.0953. The van der Waals surface area contributed by atoms with Gasteiger partial charge < -0.3 is 5.32 Å². The Morgan fingerprint density at radius 3 is 2.55 bits per heavy atom. The van der Waals surface area contributed by atoms with Crippen molar-refractivity contribution >= 4 is 10.0 Å². The molecular weight excluding hydrogens is 293 g/mol. The van der Waals surface area contributed by atoms with E-state index in [1.165, 1.54) is 0 Å². The van der Waals surface area contributed by atoms with E-state index in [9.17, 15) is 21.6 Å². The fourth-order valence-electron chi connectivity index (χ4n) is 1.97. The van der Waals surface area contributed by atoms with E-state index < -0.39 is 21.8 Å². The summed E-state index contributed by atoms with van der Waals surface area (Å²) in [6.45, 7) is 3.18. The van der Waals surface area contributed by atoms with E-state index in [0.29, 0.717) is 13.0 Å². The molecule has 0 aromatic rings. The Bertz CT molecular complexity index is 432. The van der Waals surface area contributed by atoms with Gasteiger partial charge in [-0.15, -0.1) is 0 Å². The highest BCUT2D eigenvalue weighted by Gasteiger charge is 2.36. The maximum atomic E-state index is 12.4. The molecular formula is C12H21F3N2O2S. The van der Waals surface area contributed by atoms with Crippen LogP contribution in [0, 0.1) is 0 Å². The van der Waals surface area contributed by atoms with Crippen LogP contribution in [0.15, 0.2) is 11.6 Å². The quantitative estimate of drug-likeness (QED) is 0.577. The summed E-state index contributed by atoms with van der Waals surface area (Å²) in [4.78, 5) is 0. The summed E-state index contributed by atoms with van der Waals surface area (Å²) >= 11 is 0. The first-order valence-electron chi connectivity index (χ1n) is 6.72. The highest BCUT2D eigenvalue weighted by Crippen LogP contribution is 2.30. The number of hydrogen-bond acceptors (Lipinski definition) is 3. The van der Waals surface area contributed by atoms with Gasteiger partial charge >= 0.3 is 6.18 Å². The lowest BCUT2D eigenvalue weighted by Gasteiger charge is -2.26. The summed E-state index contributed by atoms with van der Waals surface area (Å²) in [6, 6.07) is 0. The van der Waals surface area contributed by atoms with Gasteiger partial charge in [-0.1, -0.05) is 13.0 Å². The van der Waals surface area contributed by atoms with Gasteiger partial charge in [-0.05, 0) is 32.4 Å². The molecule has 20 heavy (non-hydrogen) atoms. The van der Waals surface area contributed by atoms with Gasteiger partial charge in [-0.2, -0.15) is 17.5 Å². The number of halogens is 3. The van der Waals surface area contributed by atoms with Crippen molar-refractivity contribution in [2.75, 3.05) is 31.9 Å². The van der Waals surface area contributed by atoms with E-state index >= 15 is 0 Å². The number of alkyl halides is 3. The van der Waals surface area contributed by atoms with Gasteiger partial charge in [0.25, 0.3) is 0 Å². The molecule has 0 saturated heterocycles. The minimum atomic E-state index is -4.35. The normalized spacial score (nSPS) is 18.1. The Labute approximate surface area is 118 Å². The average molecular weight is 314 g/mol. The van der Waals surface area contributed by atoms with Crippen LogP contribution in [-0.2, 0) is 10.0 Å². The van der Waals surface area contributed by atoms with E-state index in [4.69, 9.17) is 0 Å². The first-order chi connectivity index (χ1) is 9.27. The second-order valence-corrected chi connectivity index (χ2v) is 6.84. The monoisotopic (exact) mass is 314 g/mol. The molecule has 8 heteroatoms. The summed E-state index contributed by atoms with van der Waals surface area (Å²) in [5, 5.41) is 3.09. The largest absolute Gasteiger partial charge is 0.412 e. The summed E-state index contributed by atoms with van der Waals surface area (Å²) in [6.07, 6.45) is -2.20. The number of hydrogen-bond donors (Lipinski definition) is 1. The van der Waals surface area contributed by atoms with E-state index in [-0.39, 0.29) is 25.3 Å². The van der Waals surface area contributed by atoms with Crippen LogP contribution in [0.4, 0.5) is 13.2 Å². The maximum Gasteiger partial charge on any atom is 0.412 e. The second-order valence-electron chi connectivity index (χ2n) is 4.75. The van der Waals surface area contributed by atoms with Crippen molar-refractivity contribution in [2.45, 2.75) is 32.4 Å². The first-order valence-corrected chi connectivity index (χ1v) is 8.33. The van der Waals surface area contributed by atoms with Crippen molar-refractivity contribution < 1.29 is 21.6 Å². The summed E-state index contributed by atoms with van der Waals surface area (Å²) in [5.41, 5.74) is -0.631. The molecule has 0 radical (unpaired) electrons. The van der Waals surface area contributed by atoms with E-state index in [1.54, 1.807) is 0 Å². The molecule has 0 bridgehead atoms. The highest BCUT2D eigenvalue weighted by molar-refractivity contribution is 7.89. The first kappa shape index (κ1) is 17.5. The fourth-order valence-corrected chi connectivity index (χ4v) is 3.41. The van der Waals surface area contributed by atoms with Crippen LogP contribution in [0.1, 0.15) is 26.2 Å². The number of sulfonamides is 1. The standard InChI is InChI=1S/C12H21F3N2O2S/c1-2-6-16-7-3-10-20(18,19)17-8-4-11(5-9-17)12(13,14)15/h4,16H,2-3,5-10H2,1H3. The van der Waals surface area contributed by atoms with Crippen molar-refractivity contribution in [3.05, 3.63) is 11.6 Å². The van der Waals surface area contributed by atoms with Gasteiger partial charge in [0.15, 0.2) is 0 Å². The van der Waals surface area contributed by atoms with Gasteiger partial charge in [0.2, 0.25) is 10.0 Å². The molecule has 118 valence electrons.